The fourth-order valence-electron chi connectivity index (χ4n) is 2.83. The van der Waals surface area contributed by atoms with Crippen molar-refractivity contribution in [2.75, 3.05) is 11.5 Å². The van der Waals surface area contributed by atoms with Crippen LogP contribution in [0.15, 0.2) is 24.3 Å². The first kappa shape index (κ1) is 22.2. The topological polar surface area (TPSA) is 17.1 Å². The number of benzene rings is 1. The van der Waals surface area contributed by atoms with Crippen LogP contribution >= 0.6 is 0 Å². The summed E-state index contributed by atoms with van der Waals surface area (Å²) in [6, 6.07) is 8.08. The molecule has 1 aromatic carbocycles. The van der Waals surface area contributed by atoms with Gasteiger partial charge in [0.25, 0.3) is 0 Å². The molecule has 1 atom stereocenters. The minimum absolute atomic E-state index is 0.0649. The lowest BCUT2D eigenvalue weighted by atomic mass is 9.87. The smallest absolute Gasteiger partial charge is 0.215 e. The fraction of sp³-hybridized carbons (Fsp3) is 0.667. The maximum Gasteiger partial charge on any atom is 0.215 e. The third-order valence-corrected chi connectivity index (χ3v) is 6.97. The highest BCUT2D eigenvalue weighted by atomic mass is 32.2. The predicted octanol–water partition coefficient (Wildman–Crippen LogP) is 6.06. The van der Waals surface area contributed by atoms with Crippen molar-refractivity contribution >= 4 is 16.7 Å². The van der Waals surface area contributed by atoms with Crippen LogP contribution in [0.5, 0.6) is 0 Å². The Morgan fingerprint density at radius 1 is 0.957 bits per heavy atom. The van der Waals surface area contributed by atoms with Crippen molar-refractivity contribution in [1.82, 2.24) is 0 Å². The van der Waals surface area contributed by atoms with E-state index in [1.54, 1.807) is 0 Å². The molecule has 1 aromatic rings. The number of carbonyl (C=O) groups is 1. The first-order valence-corrected chi connectivity index (χ1v) is 10.8. The Hall–Kier alpha value is -0.760. The molecule has 0 spiro atoms. The molecule has 0 aromatic heterocycles. The Kier molecular flexibility index (Phi) is 10.6. The zero-order valence-electron chi connectivity index (χ0n) is 16.5. The Labute approximate surface area is 147 Å². The maximum absolute atomic E-state index is 12.9. The number of aryl methyl sites for hydroxylation is 1. The average Bonchev–Trinajstić information content (AvgIpc) is 3.04. The van der Waals surface area contributed by atoms with Gasteiger partial charge in [-0.15, -0.1) is 0 Å². The van der Waals surface area contributed by atoms with Gasteiger partial charge in [-0.25, -0.2) is 0 Å². The summed E-state index contributed by atoms with van der Waals surface area (Å²) in [5, 5.41) is 0.192. The average molecular weight is 338 g/mol. The monoisotopic (exact) mass is 337 g/mol. The van der Waals surface area contributed by atoms with Crippen LogP contribution in [0.1, 0.15) is 77.2 Å². The van der Waals surface area contributed by atoms with Gasteiger partial charge < -0.3 is 0 Å². The van der Waals surface area contributed by atoms with Crippen molar-refractivity contribution in [2.45, 2.75) is 73.5 Å². The maximum atomic E-state index is 12.9. The Morgan fingerprint density at radius 2 is 1.39 bits per heavy atom. The second-order valence-electron chi connectivity index (χ2n) is 6.63. The van der Waals surface area contributed by atoms with Crippen molar-refractivity contribution in [1.29, 1.82) is 0 Å². The van der Waals surface area contributed by atoms with Crippen molar-refractivity contribution in [3.63, 3.8) is 0 Å². The molecule has 0 radical (unpaired) electrons. The summed E-state index contributed by atoms with van der Waals surface area (Å²) in [5.74, 6) is 2.86. The number of ketones is 1. The van der Waals surface area contributed by atoms with Crippen LogP contribution in [0.3, 0.4) is 0 Å². The van der Waals surface area contributed by atoms with Crippen LogP contribution in [0, 0.1) is 12.3 Å². The van der Waals surface area contributed by atoms with E-state index >= 15 is 0 Å². The number of rotatable bonds is 3. The quantitative estimate of drug-likeness (QED) is 0.484. The van der Waals surface area contributed by atoms with Crippen molar-refractivity contribution < 1.29 is 4.79 Å². The van der Waals surface area contributed by atoms with Crippen molar-refractivity contribution in [2.24, 2.45) is 5.41 Å². The van der Waals surface area contributed by atoms with E-state index in [9.17, 15) is 4.79 Å². The van der Waals surface area contributed by atoms with E-state index in [2.05, 4.69) is 27.7 Å². The molecule has 1 unspecified atom stereocenters. The molecule has 132 valence electrons. The molecule has 0 bridgehead atoms. The number of hydrogen-bond donors (Lipinski definition) is 0. The van der Waals surface area contributed by atoms with Gasteiger partial charge in [-0.2, -0.15) is 0 Å². The summed E-state index contributed by atoms with van der Waals surface area (Å²) < 4.78 is 0. The molecule has 1 aliphatic rings. The first-order valence-electron chi connectivity index (χ1n) is 9.17. The molecule has 1 saturated heterocycles. The predicted molar refractivity (Wildman–Crippen MR) is 108 cm³/mol. The van der Waals surface area contributed by atoms with Crippen LogP contribution in [0.25, 0.3) is 0 Å². The zero-order chi connectivity index (χ0) is 18.0. The van der Waals surface area contributed by atoms with Crippen molar-refractivity contribution in [3.8, 4) is 0 Å². The highest BCUT2D eigenvalue weighted by Crippen LogP contribution is 2.34. The summed E-state index contributed by atoms with van der Waals surface area (Å²) in [6.45, 7) is 16.7. The zero-order valence-corrected chi connectivity index (χ0v) is 17.3. The molecule has 0 aliphatic carbocycles. The van der Waals surface area contributed by atoms with Crippen LogP contribution in [0.4, 0.5) is 0 Å². The summed E-state index contributed by atoms with van der Waals surface area (Å²) >= 11 is 0. The van der Waals surface area contributed by atoms with Gasteiger partial charge >= 0.3 is 0 Å². The summed E-state index contributed by atoms with van der Waals surface area (Å²) in [4.78, 5) is 12.9. The van der Waals surface area contributed by atoms with E-state index in [1.165, 1.54) is 29.9 Å². The molecule has 1 aliphatic heterocycles. The summed E-state index contributed by atoms with van der Waals surface area (Å²) in [5.41, 5.74) is 2.17. The lowest BCUT2D eigenvalue weighted by Gasteiger charge is -2.27. The van der Waals surface area contributed by atoms with Gasteiger partial charge in [0.1, 0.15) is 11.5 Å². The molecule has 0 N–H and O–H groups in total. The van der Waals surface area contributed by atoms with Crippen LogP contribution < -0.4 is 0 Å². The summed E-state index contributed by atoms with van der Waals surface area (Å²) in [6.07, 6.45) is 2.60. The highest BCUT2D eigenvalue weighted by Gasteiger charge is 2.46. The van der Waals surface area contributed by atoms with E-state index in [1.807, 2.05) is 52.0 Å². The van der Waals surface area contributed by atoms with Crippen molar-refractivity contribution in [3.05, 3.63) is 35.4 Å². The van der Waals surface area contributed by atoms with E-state index in [0.29, 0.717) is 5.78 Å². The lowest BCUT2D eigenvalue weighted by Crippen LogP contribution is -2.42. The van der Waals surface area contributed by atoms with Gasteiger partial charge in [0.05, 0.1) is 0 Å². The van der Waals surface area contributed by atoms with Gasteiger partial charge in [0.2, 0.25) is 5.78 Å². The van der Waals surface area contributed by atoms with Crippen LogP contribution in [-0.2, 0) is 10.9 Å². The molecule has 2 rings (SSSR count). The number of hydrogen-bond acceptors (Lipinski definition) is 1. The third kappa shape index (κ3) is 6.71. The molecule has 1 nitrogen and oxygen atoms in total. The number of Topliss-reactive ketones (excluding diaryl/α,β-unsaturated/α-hetero) is 1. The molecular formula is C21H37OS+. The molecular weight excluding hydrogens is 300 g/mol. The van der Waals surface area contributed by atoms with Gasteiger partial charge in [0, 0.05) is 11.0 Å². The Balaban J connectivity index is 0.00000112. The molecule has 0 saturated carbocycles. The van der Waals surface area contributed by atoms with Crippen LogP contribution in [-0.4, -0.2) is 22.5 Å². The second kappa shape index (κ2) is 10.9. The Bertz CT molecular complexity index is 436. The van der Waals surface area contributed by atoms with E-state index in [0.717, 1.165) is 5.56 Å². The van der Waals surface area contributed by atoms with Gasteiger partial charge in [-0.3, -0.25) is 4.79 Å². The third-order valence-electron chi connectivity index (χ3n) is 3.76. The first-order chi connectivity index (χ1) is 10.9. The normalized spacial score (nSPS) is 15.8. The lowest BCUT2D eigenvalue weighted by molar-refractivity contribution is 0.0949. The fourth-order valence-corrected chi connectivity index (χ4v) is 6.09. The summed E-state index contributed by atoms with van der Waals surface area (Å²) in [7, 11) is 0.280. The van der Waals surface area contributed by atoms with E-state index in [4.69, 9.17) is 0 Å². The van der Waals surface area contributed by atoms with Gasteiger partial charge in [-0.1, -0.05) is 78.3 Å². The van der Waals surface area contributed by atoms with E-state index in [-0.39, 0.29) is 21.6 Å². The van der Waals surface area contributed by atoms with Crippen LogP contribution in [0.2, 0.25) is 0 Å². The molecule has 1 heterocycles. The van der Waals surface area contributed by atoms with Gasteiger partial charge in [-0.05, 0) is 30.7 Å². The molecule has 23 heavy (non-hydrogen) atoms. The molecule has 2 heteroatoms. The minimum atomic E-state index is 0.0649. The van der Waals surface area contributed by atoms with E-state index < -0.39 is 0 Å². The highest BCUT2D eigenvalue weighted by molar-refractivity contribution is 7.98. The SMILES string of the molecule is CC.CC.Cc1ccc(C(=O)C([S+]2CCCC2)C(C)(C)C)cc1. The molecule has 1 fully saturated rings. The minimum Gasteiger partial charge on any atom is -0.288 e. The Morgan fingerprint density at radius 3 is 1.78 bits per heavy atom. The largest absolute Gasteiger partial charge is 0.288 e. The standard InChI is InChI=1S/C17H25OS.2C2H6/c1-13-7-9-14(10-8-13)15(18)16(17(2,3)4)19-11-5-6-12-19;2*1-2/h7-10,16H,5-6,11-12H2,1-4H3;2*1-2H3/q+1;;. The number of carbonyl (C=O) groups excluding carboxylic acids is 1. The van der Waals surface area contributed by atoms with Gasteiger partial charge in [0.15, 0.2) is 5.25 Å². The second-order valence-corrected chi connectivity index (χ2v) is 8.99. The molecule has 0 amide bonds.